The maximum absolute atomic E-state index is 14.3. The highest BCUT2D eigenvalue weighted by molar-refractivity contribution is 9.10. The number of carbonyl (C=O) groups is 1. The maximum atomic E-state index is 14.3. The van der Waals surface area contributed by atoms with Gasteiger partial charge < -0.3 is 15.0 Å². The van der Waals surface area contributed by atoms with Gasteiger partial charge in [0.1, 0.15) is 5.69 Å². The number of ketones is 1. The van der Waals surface area contributed by atoms with Crippen molar-refractivity contribution in [2.75, 3.05) is 10.6 Å². The van der Waals surface area contributed by atoms with Crippen molar-refractivity contribution in [3.8, 4) is 0 Å². The van der Waals surface area contributed by atoms with Crippen molar-refractivity contribution in [1.29, 1.82) is 0 Å². The summed E-state index contributed by atoms with van der Waals surface area (Å²) in [5.74, 6) is -0.525. The standard InChI is InChI=1S/C33H19BrClF6N3O/c34-22-8-5-19(6-9-22)31(45)30-29(43-25-16-20(32(36,37)38)15-21(17-25)33(39,40)41)28(42-24-12-10-23(35)11-13-24)27-14-7-18-3-1-2-4-26(18)44(27)30/h1-17,42-43H. The number of hydrogen-bond acceptors (Lipinski definition) is 3. The van der Waals surface area contributed by atoms with E-state index in [2.05, 4.69) is 26.6 Å². The number of anilines is 4. The van der Waals surface area contributed by atoms with Crippen molar-refractivity contribution in [2.45, 2.75) is 12.4 Å². The van der Waals surface area contributed by atoms with Crippen LogP contribution in [-0.4, -0.2) is 10.2 Å². The van der Waals surface area contributed by atoms with Crippen molar-refractivity contribution >= 4 is 72.5 Å². The number of nitrogens with zero attached hydrogens (tertiary/aromatic N) is 1. The molecule has 0 aliphatic heterocycles. The normalized spacial score (nSPS) is 12.1. The van der Waals surface area contributed by atoms with Gasteiger partial charge >= 0.3 is 12.4 Å². The van der Waals surface area contributed by atoms with Crippen LogP contribution in [0.25, 0.3) is 16.4 Å². The maximum Gasteiger partial charge on any atom is 0.416 e. The third-order valence-corrected chi connectivity index (χ3v) is 7.88. The molecular formula is C33H19BrClF6N3O. The van der Waals surface area contributed by atoms with Crippen LogP contribution in [0.3, 0.4) is 0 Å². The molecule has 2 heterocycles. The lowest BCUT2D eigenvalue weighted by atomic mass is 10.1. The third kappa shape index (κ3) is 6.10. The van der Waals surface area contributed by atoms with Crippen LogP contribution in [0.2, 0.25) is 5.02 Å². The van der Waals surface area contributed by atoms with Gasteiger partial charge in [0.2, 0.25) is 5.78 Å². The number of carbonyl (C=O) groups excluding carboxylic acids is 1. The second-order valence-corrected chi connectivity index (χ2v) is 11.5. The van der Waals surface area contributed by atoms with E-state index in [0.717, 1.165) is 5.39 Å². The largest absolute Gasteiger partial charge is 0.416 e. The molecule has 0 fully saturated rings. The average Bonchev–Trinajstić information content (AvgIpc) is 3.30. The Bertz CT molecular complexity index is 2040. The molecule has 6 rings (SSSR count). The summed E-state index contributed by atoms with van der Waals surface area (Å²) in [5, 5.41) is 7.17. The van der Waals surface area contributed by atoms with Crippen LogP contribution >= 0.6 is 27.5 Å². The van der Waals surface area contributed by atoms with Gasteiger partial charge in [0.05, 0.1) is 33.5 Å². The molecule has 2 N–H and O–H groups in total. The van der Waals surface area contributed by atoms with Gasteiger partial charge in [-0.3, -0.25) is 4.79 Å². The van der Waals surface area contributed by atoms with Crippen molar-refractivity contribution < 1.29 is 31.1 Å². The Morgan fingerprint density at radius 1 is 0.667 bits per heavy atom. The number of rotatable bonds is 6. The van der Waals surface area contributed by atoms with Gasteiger partial charge in [-0.25, -0.2) is 0 Å². The van der Waals surface area contributed by atoms with E-state index in [-0.39, 0.29) is 28.7 Å². The minimum absolute atomic E-state index is 0.00782. The summed E-state index contributed by atoms with van der Waals surface area (Å²) < 4.78 is 85.1. The summed E-state index contributed by atoms with van der Waals surface area (Å²) in [6.07, 6.45) is -10.1. The van der Waals surface area contributed by atoms with Crippen LogP contribution < -0.4 is 10.6 Å². The molecule has 0 spiro atoms. The highest BCUT2D eigenvalue weighted by Gasteiger charge is 2.37. The summed E-state index contributed by atoms with van der Waals surface area (Å²) in [7, 11) is 0. The summed E-state index contributed by atoms with van der Waals surface area (Å²) in [5.41, 5.74) is -1.53. The Hall–Kier alpha value is -4.48. The van der Waals surface area contributed by atoms with Crippen LogP contribution in [0.5, 0.6) is 0 Å². The van der Waals surface area contributed by atoms with Gasteiger partial charge in [-0.2, -0.15) is 26.3 Å². The van der Waals surface area contributed by atoms with Crippen molar-refractivity contribution in [3.63, 3.8) is 0 Å². The average molecular weight is 703 g/mol. The summed E-state index contributed by atoms with van der Waals surface area (Å²) in [6, 6.07) is 24.9. The fourth-order valence-electron chi connectivity index (χ4n) is 5.05. The molecule has 0 saturated heterocycles. The first-order valence-corrected chi connectivity index (χ1v) is 14.4. The summed E-state index contributed by atoms with van der Waals surface area (Å²) >= 11 is 9.41. The van der Waals surface area contributed by atoms with E-state index in [4.69, 9.17) is 11.6 Å². The first kappa shape index (κ1) is 30.5. The predicted octanol–water partition coefficient (Wildman–Crippen LogP) is 11.3. The van der Waals surface area contributed by atoms with Crippen molar-refractivity contribution in [3.05, 3.63) is 135 Å². The van der Waals surface area contributed by atoms with Gasteiger partial charge in [-0.1, -0.05) is 51.8 Å². The first-order chi connectivity index (χ1) is 21.3. The first-order valence-electron chi connectivity index (χ1n) is 13.2. The zero-order chi connectivity index (χ0) is 32.1. The fourth-order valence-corrected chi connectivity index (χ4v) is 5.44. The minimum atomic E-state index is -5.07. The lowest BCUT2D eigenvalue weighted by molar-refractivity contribution is -0.143. The van der Waals surface area contributed by atoms with E-state index in [1.165, 1.54) is 0 Å². The van der Waals surface area contributed by atoms with Gasteiger partial charge in [0.25, 0.3) is 0 Å². The second kappa shape index (κ2) is 11.5. The summed E-state index contributed by atoms with van der Waals surface area (Å²) in [4.78, 5) is 14.3. The van der Waals surface area contributed by atoms with Crippen LogP contribution in [0, 0.1) is 0 Å². The number of para-hydroxylation sites is 1. The number of benzene rings is 4. The number of alkyl halides is 6. The molecule has 0 bridgehead atoms. The van der Waals surface area contributed by atoms with Gasteiger partial charge in [-0.15, -0.1) is 0 Å². The van der Waals surface area contributed by atoms with Crippen LogP contribution in [-0.2, 0) is 12.4 Å². The molecule has 0 aliphatic rings. The molecule has 0 radical (unpaired) electrons. The number of pyridine rings is 1. The lowest BCUT2D eigenvalue weighted by Gasteiger charge is -2.17. The second-order valence-electron chi connectivity index (χ2n) is 10.1. The van der Waals surface area contributed by atoms with Crippen LogP contribution in [0.15, 0.2) is 108 Å². The topological polar surface area (TPSA) is 45.5 Å². The van der Waals surface area contributed by atoms with Gasteiger partial charge in [0.15, 0.2) is 0 Å². The number of halogens is 8. The number of aromatic nitrogens is 1. The molecule has 6 aromatic rings. The molecular weight excluding hydrogens is 684 g/mol. The van der Waals surface area contributed by atoms with Crippen molar-refractivity contribution in [2.24, 2.45) is 0 Å². The van der Waals surface area contributed by atoms with E-state index in [1.807, 2.05) is 6.07 Å². The number of nitrogens with one attached hydrogen (secondary N) is 2. The number of hydrogen-bond donors (Lipinski definition) is 2. The van der Waals surface area contributed by atoms with Crippen LogP contribution in [0.1, 0.15) is 27.2 Å². The molecule has 12 heteroatoms. The van der Waals surface area contributed by atoms with E-state index in [1.54, 1.807) is 83.3 Å². The quantitative estimate of drug-likeness (QED) is 0.134. The number of fused-ring (bicyclic) bond motifs is 3. The molecule has 4 nitrogen and oxygen atoms in total. The van der Waals surface area contributed by atoms with Gasteiger partial charge in [-0.05, 0) is 84.2 Å². The van der Waals surface area contributed by atoms with E-state index in [9.17, 15) is 31.1 Å². The Balaban J connectivity index is 1.68. The van der Waals surface area contributed by atoms with E-state index in [0.29, 0.717) is 38.3 Å². The highest BCUT2D eigenvalue weighted by Crippen LogP contribution is 2.43. The lowest BCUT2D eigenvalue weighted by Crippen LogP contribution is -2.12. The third-order valence-electron chi connectivity index (χ3n) is 7.10. The SMILES string of the molecule is O=C(c1ccc(Br)cc1)c1c(Nc2cc(C(F)(F)F)cc(C(F)(F)F)c2)c(Nc2ccc(Cl)cc2)c2ccc3ccccc3n12. The molecule has 0 saturated carbocycles. The smallest absolute Gasteiger partial charge is 0.352 e. The molecule has 0 unspecified atom stereocenters. The highest BCUT2D eigenvalue weighted by atomic mass is 79.9. The van der Waals surface area contributed by atoms with Gasteiger partial charge in [0, 0.05) is 26.4 Å². The fraction of sp³-hybridized carbons (Fsp3) is 0.0606. The van der Waals surface area contributed by atoms with E-state index >= 15 is 0 Å². The Morgan fingerprint density at radius 3 is 1.89 bits per heavy atom. The van der Waals surface area contributed by atoms with Crippen LogP contribution in [0.4, 0.5) is 49.1 Å². The molecule has 2 aromatic heterocycles. The monoisotopic (exact) mass is 701 g/mol. The Labute approximate surface area is 265 Å². The zero-order valence-electron chi connectivity index (χ0n) is 22.7. The van der Waals surface area contributed by atoms with Crippen molar-refractivity contribution in [1.82, 2.24) is 4.40 Å². The zero-order valence-corrected chi connectivity index (χ0v) is 25.0. The molecule has 0 atom stereocenters. The Morgan fingerprint density at radius 2 is 1.27 bits per heavy atom. The molecule has 45 heavy (non-hydrogen) atoms. The predicted molar refractivity (Wildman–Crippen MR) is 167 cm³/mol. The molecule has 228 valence electrons. The molecule has 0 amide bonds. The molecule has 0 aliphatic carbocycles. The Kier molecular flexibility index (Phi) is 7.78. The molecule has 4 aromatic carbocycles. The van der Waals surface area contributed by atoms with E-state index < -0.39 is 35.0 Å². The minimum Gasteiger partial charge on any atom is -0.352 e. The summed E-state index contributed by atoms with van der Waals surface area (Å²) in [6.45, 7) is 0.